The highest BCUT2D eigenvalue weighted by Gasteiger charge is 2.52. The van der Waals surface area contributed by atoms with Crippen molar-refractivity contribution in [3.8, 4) is 17.2 Å². The summed E-state index contributed by atoms with van der Waals surface area (Å²) in [6.45, 7) is 0.00842. The summed E-state index contributed by atoms with van der Waals surface area (Å²) in [5.74, 6) is -2.68. The fourth-order valence-electron chi connectivity index (χ4n) is 3.88. The molecule has 15 heteroatoms. The van der Waals surface area contributed by atoms with Gasteiger partial charge in [-0.05, 0) is 61.4 Å². The first-order chi connectivity index (χ1) is 16.5. The van der Waals surface area contributed by atoms with Gasteiger partial charge < -0.3 is 20.3 Å². The minimum atomic E-state index is -4.84. The molecule has 36 heavy (non-hydrogen) atoms. The molecule has 1 aliphatic heterocycles. The van der Waals surface area contributed by atoms with Crippen LogP contribution in [-0.4, -0.2) is 68.7 Å². The van der Waals surface area contributed by atoms with E-state index in [1.54, 1.807) is 0 Å². The van der Waals surface area contributed by atoms with Crippen LogP contribution in [0.3, 0.4) is 0 Å². The van der Waals surface area contributed by atoms with Crippen molar-refractivity contribution >= 4 is 25.8 Å². The van der Waals surface area contributed by atoms with Gasteiger partial charge in [-0.1, -0.05) is 0 Å². The van der Waals surface area contributed by atoms with E-state index in [-0.39, 0.29) is 29.4 Å². The third-order valence-electron chi connectivity index (χ3n) is 5.49. The van der Waals surface area contributed by atoms with Crippen molar-refractivity contribution in [2.24, 2.45) is 5.73 Å². The van der Waals surface area contributed by atoms with Crippen molar-refractivity contribution in [1.82, 2.24) is 4.31 Å². The fraction of sp³-hybridized carbons (Fsp3) is 0.381. The van der Waals surface area contributed by atoms with Crippen LogP contribution in [0.1, 0.15) is 12.8 Å². The van der Waals surface area contributed by atoms with E-state index in [1.807, 2.05) is 0 Å². The van der Waals surface area contributed by atoms with Crippen molar-refractivity contribution in [1.29, 1.82) is 0 Å². The van der Waals surface area contributed by atoms with Gasteiger partial charge in [0.15, 0.2) is 15.4 Å². The molecule has 1 heterocycles. The number of nitrogens with zero attached hydrogens (tertiary/aromatic N) is 1. The van der Waals surface area contributed by atoms with Crippen molar-refractivity contribution < 1.29 is 49.4 Å². The van der Waals surface area contributed by atoms with E-state index >= 15 is 0 Å². The van der Waals surface area contributed by atoms with Gasteiger partial charge in [0.25, 0.3) is 5.91 Å². The minimum absolute atomic E-state index is 0.00842. The van der Waals surface area contributed by atoms with E-state index in [2.05, 4.69) is 4.74 Å². The number of sulfone groups is 1. The molecular weight excluding hydrogens is 529 g/mol. The quantitative estimate of drug-likeness (QED) is 0.478. The van der Waals surface area contributed by atoms with Gasteiger partial charge in [0.2, 0.25) is 10.0 Å². The lowest BCUT2D eigenvalue weighted by Gasteiger charge is -2.35. The number of nitrogens with two attached hydrogens (primary N) is 1. The molecule has 0 aromatic heterocycles. The maximum atomic E-state index is 13.0. The topological polar surface area (TPSA) is 153 Å². The fourth-order valence-corrected chi connectivity index (χ4v) is 6.71. The van der Waals surface area contributed by atoms with Gasteiger partial charge in [0.05, 0.1) is 22.9 Å². The van der Waals surface area contributed by atoms with E-state index in [1.165, 1.54) is 24.3 Å². The molecule has 0 radical (unpaired) electrons. The summed E-state index contributed by atoms with van der Waals surface area (Å²) in [5, 5.41) is 11.0. The molecule has 2 atom stereocenters. The predicted molar refractivity (Wildman–Crippen MR) is 120 cm³/mol. The minimum Gasteiger partial charge on any atom is -0.457 e. The Hall–Kier alpha value is -2.88. The number of benzene rings is 2. The number of amides is 1. The zero-order valence-electron chi connectivity index (χ0n) is 18.8. The zero-order chi connectivity index (χ0) is 26.9. The van der Waals surface area contributed by atoms with Crippen molar-refractivity contribution in [3.63, 3.8) is 0 Å². The molecular formula is C21H23F3N2O8S2. The molecule has 198 valence electrons. The highest BCUT2D eigenvalue weighted by Crippen LogP contribution is 2.33. The van der Waals surface area contributed by atoms with Crippen LogP contribution in [0.2, 0.25) is 0 Å². The van der Waals surface area contributed by atoms with Crippen LogP contribution in [0.4, 0.5) is 13.2 Å². The highest BCUT2D eigenvalue weighted by molar-refractivity contribution is 7.91. The number of alkyl halides is 3. The van der Waals surface area contributed by atoms with E-state index in [9.17, 15) is 39.9 Å². The van der Waals surface area contributed by atoms with Gasteiger partial charge in [-0.3, -0.25) is 4.79 Å². The Kier molecular flexibility index (Phi) is 7.60. The molecule has 1 saturated heterocycles. The Morgan fingerprint density at radius 1 is 1.03 bits per heavy atom. The lowest BCUT2D eigenvalue weighted by Crippen LogP contribution is -2.62. The molecule has 2 aromatic rings. The molecule has 1 fully saturated rings. The van der Waals surface area contributed by atoms with E-state index < -0.39 is 55.3 Å². The largest absolute Gasteiger partial charge is 0.573 e. The lowest BCUT2D eigenvalue weighted by molar-refractivity contribution is -0.274. The summed E-state index contributed by atoms with van der Waals surface area (Å²) in [6.07, 6.45) is -3.60. The zero-order valence-corrected chi connectivity index (χ0v) is 20.4. The second-order valence-electron chi connectivity index (χ2n) is 8.17. The van der Waals surface area contributed by atoms with Crippen molar-refractivity contribution in [3.05, 3.63) is 48.5 Å². The number of hydrogen-bond donors (Lipinski definition) is 2. The van der Waals surface area contributed by atoms with Gasteiger partial charge in [-0.2, -0.15) is 4.31 Å². The molecule has 0 unspecified atom stereocenters. The summed E-state index contributed by atoms with van der Waals surface area (Å²) in [5.41, 5.74) is 2.66. The second-order valence-corrected chi connectivity index (χ2v) is 12.1. The van der Waals surface area contributed by atoms with Gasteiger partial charge in [0.1, 0.15) is 17.2 Å². The average molecular weight is 553 g/mol. The summed E-state index contributed by atoms with van der Waals surface area (Å²) >= 11 is 0. The number of primary amides is 1. The van der Waals surface area contributed by atoms with Crippen LogP contribution in [0.25, 0.3) is 0 Å². The standard InChI is InChI=1S/C21H23F3N2O8S2/c1-35(29,30)26-12-2-3-18(26)20(28,19(25)27)13-36(31,32)17-10-8-15(9-11-17)33-14-4-6-16(7-5-14)34-21(22,23)24/h4-11,18,28H,2-3,12-13H2,1H3,(H2,25,27)/t18-,20+/m1/s1. The third kappa shape index (κ3) is 6.46. The molecule has 3 rings (SSSR count). The van der Waals surface area contributed by atoms with Gasteiger partial charge in [0, 0.05) is 6.54 Å². The Bertz CT molecular complexity index is 1310. The molecule has 1 amide bonds. The number of hydrogen-bond acceptors (Lipinski definition) is 8. The number of carbonyl (C=O) groups is 1. The van der Waals surface area contributed by atoms with E-state index in [0.717, 1.165) is 34.8 Å². The maximum Gasteiger partial charge on any atom is 0.573 e. The highest BCUT2D eigenvalue weighted by atomic mass is 32.2. The number of rotatable bonds is 9. The molecule has 0 spiro atoms. The SMILES string of the molecule is CS(=O)(=O)N1CCC[C@@H]1[C@@](O)(CS(=O)(=O)c1ccc(Oc2ccc(OC(F)(F)F)cc2)cc1)C(N)=O. The molecule has 10 nitrogen and oxygen atoms in total. The summed E-state index contributed by atoms with van der Waals surface area (Å²) in [6, 6.07) is 7.95. The van der Waals surface area contributed by atoms with Crippen molar-refractivity contribution in [2.75, 3.05) is 18.6 Å². The molecule has 0 saturated carbocycles. The van der Waals surface area contributed by atoms with Crippen LogP contribution in [-0.2, 0) is 24.7 Å². The predicted octanol–water partition coefficient (Wildman–Crippen LogP) is 1.79. The number of aliphatic hydroxyl groups is 1. The summed E-state index contributed by atoms with van der Waals surface area (Å²) in [7, 11) is -8.18. The first-order valence-electron chi connectivity index (χ1n) is 10.4. The number of sulfonamides is 1. The Balaban J connectivity index is 1.77. The van der Waals surface area contributed by atoms with Crippen molar-refractivity contribution in [2.45, 2.75) is 35.7 Å². The summed E-state index contributed by atoms with van der Waals surface area (Å²) < 4.78 is 97.0. The van der Waals surface area contributed by atoms with Crippen LogP contribution in [0.15, 0.2) is 53.4 Å². The van der Waals surface area contributed by atoms with Crippen LogP contribution >= 0.6 is 0 Å². The van der Waals surface area contributed by atoms with E-state index in [0.29, 0.717) is 6.42 Å². The summed E-state index contributed by atoms with van der Waals surface area (Å²) in [4.78, 5) is 11.8. The maximum absolute atomic E-state index is 13.0. The molecule has 1 aliphatic rings. The Labute approximate surface area is 205 Å². The first-order valence-corrected chi connectivity index (χ1v) is 13.9. The monoisotopic (exact) mass is 552 g/mol. The second kappa shape index (κ2) is 9.88. The van der Waals surface area contributed by atoms with Crippen LogP contribution < -0.4 is 15.2 Å². The molecule has 0 aliphatic carbocycles. The van der Waals surface area contributed by atoms with E-state index in [4.69, 9.17) is 10.5 Å². The van der Waals surface area contributed by atoms with Gasteiger partial charge in [-0.15, -0.1) is 13.2 Å². The smallest absolute Gasteiger partial charge is 0.457 e. The van der Waals surface area contributed by atoms with Crippen LogP contribution in [0, 0.1) is 0 Å². The average Bonchev–Trinajstić information content (AvgIpc) is 3.25. The third-order valence-corrected chi connectivity index (χ3v) is 8.59. The first kappa shape index (κ1) is 27.7. The van der Waals surface area contributed by atoms with Gasteiger partial charge >= 0.3 is 6.36 Å². The Morgan fingerprint density at radius 3 is 2.00 bits per heavy atom. The Morgan fingerprint density at radius 2 is 1.53 bits per heavy atom. The molecule has 0 bridgehead atoms. The van der Waals surface area contributed by atoms with Crippen LogP contribution in [0.5, 0.6) is 17.2 Å². The van der Waals surface area contributed by atoms with Gasteiger partial charge in [-0.25, -0.2) is 16.8 Å². The molecule has 2 aromatic carbocycles. The molecule has 3 N–H and O–H groups in total. The number of carbonyl (C=O) groups excluding carboxylic acids is 1. The number of ether oxygens (including phenoxy) is 2. The lowest BCUT2D eigenvalue weighted by atomic mass is 9.94. The normalized spacial score (nSPS) is 19.0. The number of halogens is 3.